The molecule has 6 heteroatoms. The van der Waals surface area contributed by atoms with E-state index in [1.165, 1.54) is 0 Å². The van der Waals surface area contributed by atoms with Gasteiger partial charge in [0.15, 0.2) is 0 Å². The van der Waals surface area contributed by atoms with Crippen molar-refractivity contribution in [3.8, 4) is 0 Å². The van der Waals surface area contributed by atoms with Crippen molar-refractivity contribution in [2.24, 2.45) is 5.92 Å². The average molecular weight is 408 g/mol. The highest BCUT2D eigenvalue weighted by Crippen LogP contribution is 2.37. The summed E-state index contributed by atoms with van der Waals surface area (Å²) in [5, 5.41) is 0. The molecular formula is C24H28N2O4. The van der Waals surface area contributed by atoms with Crippen LogP contribution in [0.1, 0.15) is 24.5 Å². The molecule has 0 aromatic heterocycles. The molecule has 3 atom stereocenters. The maximum atomic E-state index is 12.6. The zero-order valence-electron chi connectivity index (χ0n) is 17.3. The third kappa shape index (κ3) is 4.49. The summed E-state index contributed by atoms with van der Waals surface area (Å²) in [7, 11) is 0. The topological polar surface area (TPSA) is 59.1 Å². The monoisotopic (exact) mass is 408 g/mol. The summed E-state index contributed by atoms with van der Waals surface area (Å²) in [4.78, 5) is 29.2. The molecule has 0 radical (unpaired) electrons. The number of fused-ring (bicyclic) bond motifs is 1. The van der Waals surface area contributed by atoms with Crippen LogP contribution in [0.15, 0.2) is 60.7 Å². The van der Waals surface area contributed by atoms with E-state index in [1.54, 1.807) is 4.90 Å². The summed E-state index contributed by atoms with van der Waals surface area (Å²) in [6.07, 6.45) is 0.416. The predicted octanol–water partition coefficient (Wildman–Crippen LogP) is 3.46. The lowest BCUT2D eigenvalue weighted by molar-refractivity contribution is -0.149. The molecule has 158 valence electrons. The van der Waals surface area contributed by atoms with Crippen LogP contribution in [-0.2, 0) is 27.4 Å². The molecule has 2 aromatic carbocycles. The number of esters is 1. The van der Waals surface area contributed by atoms with Crippen molar-refractivity contribution in [3.05, 3.63) is 71.8 Å². The Morgan fingerprint density at radius 1 is 0.933 bits per heavy atom. The number of benzene rings is 2. The second-order valence-corrected chi connectivity index (χ2v) is 7.93. The van der Waals surface area contributed by atoms with Crippen molar-refractivity contribution in [2.45, 2.75) is 38.6 Å². The number of amides is 1. The van der Waals surface area contributed by atoms with Crippen LogP contribution in [0.2, 0.25) is 0 Å². The van der Waals surface area contributed by atoms with E-state index in [4.69, 9.17) is 9.47 Å². The summed E-state index contributed by atoms with van der Waals surface area (Å²) in [5.41, 5.74) is 2.12. The van der Waals surface area contributed by atoms with Gasteiger partial charge < -0.3 is 14.4 Å². The Kier molecular flexibility index (Phi) is 6.33. The summed E-state index contributed by atoms with van der Waals surface area (Å²) in [5.74, 6) is 0.0772. The van der Waals surface area contributed by atoms with E-state index in [-0.39, 0.29) is 36.7 Å². The first kappa shape index (κ1) is 20.4. The Labute approximate surface area is 177 Å². The van der Waals surface area contributed by atoms with Crippen molar-refractivity contribution in [3.63, 3.8) is 0 Å². The quantitative estimate of drug-likeness (QED) is 0.685. The van der Waals surface area contributed by atoms with Crippen LogP contribution in [0.4, 0.5) is 4.79 Å². The molecule has 0 spiro atoms. The second-order valence-electron chi connectivity index (χ2n) is 7.93. The summed E-state index contributed by atoms with van der Waals surface area (Å²) < 4.78 is 10.9. The third-order valence-electron chi connectivity index (χ3n) is 5.99. The second kappa shape index (κ2) is 9.30. The minimum Gasteiger partial charge on any atom is -0.465 e. The van der Waals surface area contributed by atoms with Crippen molar-refractivity contribution >= 4 is 12.1 Å². The van der Waals surface area contributed by atoms with Gasteiger partial charge in [0, 0.05) is 25.7 Å². The van der Waals surface area contributed by atoms with E-state index in [0.29, 0.717) is 32.7 Å². The van der Waals surface area contributed by atoms with Gasteiger partial charge in [-0.2, -0.15) is 0 Å². The van der Waals surface area contributed by atoms with Gasteiger partial charge in [0.2, 0.25) is 0 Å². The molecule has 0 saturated carbocycles. The van der Waals surface area contributed by atoms with Gasteiger partial charge in [-0.3, -0.25) is 9.69 Å². The van der Waals surface area contributed by atoms with E-state index >= 15 is 0 Å². The fourth-order valence-electron chi connectivity index (χ4n) is 4.57. The van der Waals surface area contributed by atoms with Gasteiger partial charge in [-0.05, 0) is 30.4 Å². The summed E-state index contributed by atoms with van der Waals surface area (Å²) >= 11 is 0. The summed E-state index contributed by atoms with van der Waals surface area (Å²) in [6, 6.07) is 19.7. The number of hydrogen-bond acceptors (Lipinski definition) is 5. The van der Waals surface area contributed by atoms with Crippen LogP contribution in [0.5, 0.6) is 0 Å². The molecule has 0 N–H and O–H groups in total. The number of rotatable bonds is 6. The van der Waals surface area contributed by atoms with E-state index in [9.17, 15) is 9.59 Å². The lowest BCUT2D eigenvalue weighted by Crippen LogP contribution is -2.44. The van der Waals surface area contributed by atoms with Gasteiger partial charge in [0.05, 0.1) is 6.61 Å². The number of carbonyl (C=O) groups is 2. The Balaban J connectivity index is 1.42. The molecule has 2 aromatic rings. The highest BCUT2D eigenvalue weighted by molar-refractivity contribution is 5.76. The fourth-order valence-corrected chi connectivity index (χ4v) is 4.57. The Morgan fingerprint density at radius 2 is 1.60 bits per heavy atom. The largest absolute Gasteiger partial charge is 0.465 e. The van der Waals surface area contributed by atoms with Gasteiger partial charge in [-0.15, -0.1) is 0 Å². The lowest BCUT2D eigenvalue weighted by atomic mass is 10.0. The molecular weight excluding hydrogens is 380 g/mol. The molecule has 6 nitrogen and oxygen atoms in total. The van der Waals surface area contributed by atoms with Gasteiger partial charge in [-0.25, -0.2) is 4.79 Å². The molecule has 4 rings (SSSR count). The fraction of sp³-hybridized carbons (Fsp3) is 0.417. The molecule has 2 fully saturated rings. The van der Waals surface area contributed by atoms with Crippen LogP contribution in [0.3, 0.4) is 0 Å². The number of ether oxygens (including phenoxy) is 2. The van der Waals surface area contributed by atoms with Crippen molar-refractivity contribution < 1.29 is 19.1 Å². The maximum Gasteiger partial charge on any atom is 0.410 e. The number of nitrogens with zero attached hydrogens (tertiary/aromatic N) is 2. The normalized spacial score (nSPS) is 23.2. The number of carbonyl (C=O) groups excluding carboxylic acids is 2. The molecule has 2 saturated heterocycles. The maximum absolute atomic E-state index is 12.6. The molecule has 0 bridgehead atoms. The molecule has 2 aliphatic heterocycles. The van der Waals surface area contributed by atoms with Crippen molar-refractivity contribution in [1.82, 2.24) is 9.80 Å². The van der Waals surface area contributed by atoms with Crippen molar-refractivity contribution in [2.75, 3.05) is 19.7 Å². The molecule has 2 aliphatic rings. The van der Waals surface area contributed by atoms with Crippen LogP contribution in [0, 0.1) is 5.92 Å². The molecule has 1 amide bonds. The third-order valence-corrected chi connectivity index (χ3v) is 5.99. The van der Waals surface area contributed by atoms with E-state index in [0.717, 1.165) is 11.1 Å². The first-order valence-electron chi connectivity index (χ1n) is 10.6. The Morgan fingerprint density at radius 3 is 2.27 bits per heavy atom. The smallest absolute Gasteiger partial charge is 0.410 e. The first-order chi connectivity index (χ1) is 14.7. The van der Waals surface area contributed by atoms with Crippen LogP contribution >= 0.6 is 0 Å². The minimum absolute atomic E-state index is 0.129. The predicted molar refractivity (Wildman–Crippen MR) is 113 cm³/mol. The van der Waals surface area contributed by atoms with Gasteiger partial charge in [0.1, 0.15) is 12.6 Å². The standard InChI is InChI=1S/C24H28N2O4/c1-2-29-23(27)21-13-20-15-25(24(28)30-17-19-11-7-4-8-12-19)16-22(20)26(21)14-18-9-5-3-6-10-18/h3-12,20-22H,2,13-17H2,1H3/t20-,21-,22+/m1/s1. The van der Waals surface area contributed by atoms with E-state index in [1.807, 2.05) is 55.5 Å². The lowest BCUT2D eigenvalue weighted by Gasteiger charge is -2.29. The summed E-state index contributed by atoms with van der Waals surface area (Å²) in [6.45, 7) is 4.32. The van der Waals surface area contributed by atoms with Crippen molar-refractivity contribution in [1.29, 1.82) is 0 Å². The molecule has 0 unspecified atom stereocenters. The SMILES string of the molecule is CCOC(=O)[C@H]1C[C@@H]2CN(C(=O)OCc3ccccc3)C[C@@H]2N1Cc1ccccc1. The zero-order valence-corrected chi connectivity index (χ0v) is 17.3. The first-order valence-corrected chi connectivity index (χ1v) is 10.6. The highest BCUT2D eigenvalue weighted by Gasteiger charge is 2.50. The van der Waals surface area contributed by atoms with Gasteiger partial charge in [0.25, 0.3) is 0 Å². The molecule has 2 heterocycles. The van der Waals surface area contributed by atoms with E-state index < -0.39 is 0 Å². The van der Waals surface area contributed by atoms with Crippen LogP contribution < -0.4 is 0 Å². The number of likely N-dealkylation sites (tertiary alicyclic amines) is 2. The van der Waals surface area contributed by atoms with Crippen LogP contribution in [0.25, 0.3) is 0 Å². The van der Waals surface area contributed by atoms with Gasteiger partial charge >= 0.3 is 12.1 Å². The zero-order chi connectivity index (χ0) is 20.9. The Hall–Kier alpha value is -2.86. The molecule has 30 heavy (non-hydrogen) atoms. The highest BCUT2D eigenvalue weighted by atomic mass is 16.6. The van der Waals surface area contributed by atoms with Gasteiger partial charge in [-0.1, -0.05) is 60.7 Å². The minimum atomic E-state index is -0.291. The molecule has 0 aliphatic carbocycles. The number of hydrogen-bond donors (Lipinski definition) is 0. The average Bonchev–Trinajstić information content (AvgIpc) is 3.33. The van der Waals surface area contributed by atoms with E-state index in [2.05, 4.69) is 17.0 Å². The Bertz CT molecular complexity index is 858. The van der Waals surface area contributed by atoms with Crippen LogP contribution in [-0.4, -0.2) is 53.6 Å².